The highest BCUT2D eigenvalue weighted by atomic mass is 16.5. The smallest absolute Gasteiger partial charge is 0.306 e. The molecule has 0 unspecified atom stereocenters. The molecule has 0 aromatic carbocycles. The molecule has 0 aromatic heterocycles. The van der Waals surface area contributed by atoms with E-state index in [1.165, 1.54) is 32.8 Å². The third-order valence-electron chi connectivity index (χ3n) is 2.80. The van der Waals surface area contributed by atoms with Gasteiger partial charge in [-0.25, -0.2) is 0 Å². The van der Waals surface area contributed by atoms with Crippen LogP contribution in [0.15, 0.2) is 0 Å². The van der Waals surface area contributed by atoms with E-state index in [9.17, 15) is 4.79 Å². The van der Waals surface area contributed by atoms with Crippen LogP contribution in [0.1, 0.15) is 39.0 Å². The van der Waals surface area contributed by atoms with Crippen LogP contribution in [0.4, 0.5) is 0 Å². The van der Waals surface area contributed by atoms with Crippen LogP contribution in [-0.2, 0) is 14.3 Å². The van der Waals surface area contributed by atoms with Crippen LogP contribution >= 0.6 is 0 Å². The van der Waals surface area contributed by atoms with Crippen LogP contribution in [0.25, 0.3) is 0 Å². The van der Waals surface area contributed by atoms with Crippen LogP contribution in [0.5, 0.6) is 0 Å². The van der Waals surface area contributed by atoms with E-state index in [0.717, 1.165) is 26.2 Å². The van der Waals surface area contributed by atoms with Gasteiger partial charge in [0.1, 0.15) is 0 Å². The first-order valence-corrected chi connectivity index (χ1v) is 6.52. The number of esters is 1. The molecule has 0 saturated heterocycles. The Kier molecular flexibility index (Phi) is 11.4. The quantitative estimate of drug-likeness (QED) is 0.413. The summed E-state index contributed by atoms with van der Waals surface area (Å²) in [6.07, 6.45) is 5.46. The zero-order valence-electron chi connectivity index (χ0n) is 11.5. The van der Waals surface area contributed by atoms with Gasteiger partial charge in [-0.15, -0.1) is 0 Å². The van der Waals surface area contributed by atoms with Crippen molar-refractivity contribution in [3.05, 3.63) is 0 Å². The SMILES string of the molecule is CCCCCCN(CCOC)CCC(=O)OC. The lowest BCUT2D eigenvalue weighted by atomic mass is 10.2. The van der Waals surface area contributed by atoms with E-state index in [-0.39, 0.29) is 5.97 Å². The minimum absolute atomic E-state index is 0.138. The molecule has 0 heterocycles. The standard InChI is InChI=1S/C13H27NO3/c1-4-5-6-7-9-14(11-12-16-2)10-8-13(15)17-3/h4-12H2,1-3H3. The van der Waals surface area contributed by atoms with Crippen molar-refractivity contribution in [2.75, 3.05) is 40.5 Å². The molecular weight excluding hydrogens is 218 g/mol. The van der Waals surface area contributed by atoms with Gasteiger partial charge >= 0.3 is 5.97 Å². The van der Waals surface area contributed by atoms with Crippen LogP contribution in [0.3, 0.4) is 0 Å². The summed E-state index contributed by atoms with van der Waals surface area (Å²) >= 11 is 0. The number of nitrogens with zero attached hydrogens (tertiary/aromatic N) is 1. The Morgan fingerprint density at radius 1 is 1.06 bits per heavy atom. The van der Waals surface area contributed by atoms with E-state index >= 15 is 0 Å². The van der Waals surface area contributed by atoms with Crippen molar-refractivity contribution in [2.45, 2.75) is 39.0 Å². The van der Waals surface area contributed by atoms with Crippen molar-refractivity contribution in [3.63, 3.8) is 0 Å². The first kappa shape index (κ1) is 16.4. The average molecular weight is 245 g/mol. The molecule has 4 heteroatoms. The summed E-state index contributed by atoms with van der Waals surface area (Å²) in [5.74, 6) is -0.138. The minimum Gasteiger partial charge on any atom is -0.469 e. The summed E-state index contributed by atoms with van der Waals surface area (Å²) in [6.45, 7) is 5.62. The summed E-state index contributed by atoms with van der Waals surface area (Å²) in [7, 11) is 3.14. The Hall–Kier alpha value is -0.610. The normalized spacial score (nSPS) is 10.8. The van der Waals surface area contributed by atoms with E-state index in [2.05, 4.69) is 16.6 Å². The van der Waals surface area contributed by atoms with Crippen molar-refractivity contribution in [2.24, 2.45) is 0 Å². The van der Waals surface area contributed by atoms with Crippen LogP contribution in [0.2, 0.25) is 0 Å². The molecule has 17 heavy (non-hydrogen) atoms. The second-order valence-electron chi connectivity index (χ2n) is 4.22. The van der Waals surface area contributed by atoms with Gasteiger partial charge in [0.2, 0.25) is 0 Å². The second-order valence-corrected chi connectivity index (χ2v) is 4.22. The van der Waals surface area contributed by atoms with Crippen molar-refractivity contribution in [1.29, 1.82) is 0 Å². The van der Waals surface area contributed by atoms with E-state index in [1.54, 1.807) is 7.11 Å². The number of hydrogen-bond donors (Lipinski definition) is 0. The molecule has 0 aliphatic rings. The van der Waals surface area contributed by atoms with Crippen LogP contribution in [0, 0.1) is 0 Å². The van der Waals surface area contributed by atoms with Crippen molar-refractivity contribution >= 4 is 5.97 Å². The molecule has 0 fully saturated rings. The van der Waals surface area contributed by atoms with Gasteiger partial charge in [0.15, 0.2) is 0 Å². The van der Waals surface area contributed by atoms with Gasteiger partial charge in [-0.1, -0.05) is 26.2 Å². The van der Waals surface area contributed by atoms with Gasteiger partial charge in [-0.2, -0.15) is 0 Å². The molecule has 0 bridgehead atoms. The fourth-order valence-corrected chi connectivity index (χ4v) is 1.67. The van der Waals surface area contributed by atoms with E-state index in [4.69, 9.17) is 4.74 Å². The molecule has 0 atom stereocenters. The Labute approximate surface area is 105 Å². The fraction of sp³-hybridized carbons (Fsp3) is 0.923. The fourth-order valence-electron chi connectivity index (χ4n) is 1.67. The first-order valence-electron chi connectivity index (χ1n) is 6.52. The topological polar surface area (TPSA) is 38.8 Å². The maximum Gasteiger partial charge on any atom is 0.306 e. The molecule has 0 aliphatic carbocycles. The number of unbranched alkanes of at least 4 members (excludes halogenated alkanes) is 3. The van der Waals surface area contributed by atoms with Crippen molar-refractivity contribution < 1.29 is 14.3 Å². The lowest BCUT2D eigenvalue weighted by Crippen LogP contribution is -2.31. The molecule has 0 aliphatic heterocycles. The molecule has 0 aromatic rings. The molecular formula is C13H27NO3. The molecule has 0 N–H and O–H groups in total. The molecule has 4 nitrogen and oxygen atoms in total. The van der Waals surface area contributed by atoms with E-state index < -0.39 is 0 Å². The summed E-state index contributed by atoms with van der Waals surface area (Å²) in [5.41, 5.74) is 0. The summed E-state index contributed by atoms with van der Waals surface area (Å²) in [4.78, 5) is 13.4. The third kappa shape index (κ3) is 10.3. The maximum atomic E-state index is 11.1. The Morgan fingerprint density at radius 3 is 2.41 bits per heavy atom. The summed E-state index contributed by atoms with van der Waals surface area (Å²) in [6, 6.07) is 0. The van der Waals surface area contributed by atoms with Gasteiger partial charge < -0.3 is 14.4 Å². The van der Waals surface area contributed by atoms with Crippen LogP contribution < -0.4 is 0 Å². The van der Waals surface area contributed by atoms with Gasteiger partial charge in [-0.05, 0) is 13.0 Å². The van der Waals surface area contributed by atoms with E-state index in [0.29, 0.717) is 6.42 Å². The zero-order valence-corrected chi connectivity index (χ0v) is 11.5. The number of rotatable bonds is 11. The number of ether oxygens (including phenoxy) is 2. The lowest BCUT2D eigenvalue weighted by Gasteiger charge is -2.21. The number of carbonyl (C=O) groups excluding carboxylic acids is 1. The van der Waals surface area contributed by atoms with Crippen molar-refractivity contribution in [3.8, 4) is 0 Å². The highest BCUT2D eigenvalue weighted by molar-refractivity contribution is 5.69. The number of carbonyl (C=O) groups is 1. The van der Waals surface area contributed by atoms with Crippen LogP contribution in [-0.4, -0.2) is 51.3 Å². The maximum absolute atomic E-state index is 11.1. The minimum atomic E-state index is -0.138. The summed E-state index contributed by atoms with van der Waals surface area (Å²) < 4.78 is 9.73. The first-order chi connectivity index (χ1) is 8.24. The molecule has 0 spiro atoms. The van der Waals surface area contributed by atoms with Gasteiger partial charge in [0.25, 0.3) is 0 Å². The average Bonchev–Trinajstić information content (AvgIpc) is 2.36. The highest BCUT2D eigenvalue weighted by Gasteiger charge is 2.07. The second kappa shape index (κ2) is 11.9. The Balaban J connectivity index is 3.74. The highest BCUT2D eigenvalue weighted by Crippen LogP contribution is 2.02. The predicted octanol–water partition coefficient (Wildman–Crippen LogP) is 2.08. The zero-order chi connectivity index (χ0) is 12.9. The van der Waals surface area contributed by atoms with E-state index in [1.807, 2.05) is 0 Å². The van der Waals surface area contributed by atoms with Crippen molar-refractivity contribution in [1.82, 2.24) is 4.90 Å². The molecule has 0 saturated carbocycles. The third-order valence-corrected chi connectivity index (χ3v) is 2.80. The van der Waals surface area contributed by atoms with Gasteiger partial charge in [0.05, 0.1) is 20.1 Å². The molecule has 0 rings (SSSR count). The summed E-state index contributed by atoms with van der Waals surface area (Å²) in [5, 5.41) is 0. The van der Waals surface area contributed by atoms with Gasteiger partial charge in [0, 0.05) is 20.2 Å². The number of hydrogen-bond acceptors (Lipinski definition) is 4. The van der Waals surface area contributed by atoms with Gasteiger partial charge in [-0.3, -0.25) is 4.79 Å². The number of methoxy groups -OCH3 is 2. The molecule has 0 radical (unpaired) electrons. The molecule has 0 amide bonds. The Bertz CT molecular complexity index is 186. The Morgan fingerprint density at radius 2 is 1.82 bits per heavy atom. The predicted molar refractivity (Wildman–Crippen MR) is 69.1 cm³/mol. The molecule has 102 valence electrons. The lowest BCUT2D eigenvalue weighted by molar-refractivity contribution is -0.141. The largest absolute Gasteiger partial charge is 0.469 e. The monoisotopic (exact) mass is 245 g/mol.